The van der Waals surface area contributed by atoms with Gasteiger partial charge >= 0.3 is 0 Å². The van der Waals surface area contributed by atoms with Crippen molar-refractivity contribution in [3.8, 4) is 0 Å². The van der Waals surface area contributed by atoms with Crippen molar-refractivity contribution in [1.29, 1.82) is 0 Å². The average molecular weight is 923 g/mol. The van der Waals surface area contributed by atoms with Gasteiger partial charge < -0.3 is 19.3 Å². The Hall–Kier alpha value is -6.65. The highest BCUT2D eigenvalue weighted by Gasteiger charge is 2.56. The van der Waals surface area contributed by atoms with Crippen LogP contribution in [0.15, 0.2) is 252 Å². The van der Waals surface area contributed by atoms with Gasteiger partial charge in [-0.2, -0.15) is 0 Å². The first-order valence-electron chi connectivity index (χ1n) is 25.1. The summed E-state index contributed by atoms with van der Waals surface area (Å²) in [7, 11) is 0. The van der Waals surface area contributed by atoms with Gasteiger partial charge in [0.15, 0.2) is 0 Å². The second-order valence-corrected chi connectivity index (χ2v) is 16.5. The lowest BCUT2D eigenvalue weighted by atomic mass is 9.95. The minimum Gasteiger partial charge on any atom is -0.489 e. The van der Waals surface area contributed by atoms with Crippen molar-refractivity contribution in [2.24, 2.45) is 17.8 Å². The minimum absolute atomic E-state index is 0. The molecule has 2 aromatic rings. The lowest BCUT2D eigenvalue weighted by Gasteiger charge is -2.35. The van der Waals surface area contributed by atoms with E-state index in [4.69, 9.17) is 4.74 Å². The number of benzene rings is 2. The monoisotopic (exact) mass is 923 g/mol. The summed E-state index contributed by atoms with van der Waals surface area (Å²) in [5, 5.41) is 0. The summed E-state index contributed by atoms with van der Waals surface area (Å²) in [4.78, 5) is 14.4. The van der Waals surface area contributed by atoms with Crippen LogP contribution in [0, 0.1) is 17.8 Å². The third-order valence-electron chi connectivity index (χ3n) is 11.6. The van der Waals surface area contributed by atoms with E-state index in [-0.39, 0.29) is 24.8 Å². The molecule has 0 amide bonds. The summed E-state index contributed by atoms with van der Waals surface area (Å²) in [6.07, 6.45) is 58.9. The summed E-state index contributed by atoms with van der Waals surface area (Å²) < 4.78 is 6.39. The van der Waals surface area contributed by atoms with Crippen LogP contribution in [0.25, 0.3) is 0 Å². The third-order valence-corrected chi connectivity index (χ3v) is 11.6. The van der Waals surface area contributed by atoms with Crippen LogP contribution < -0.4 is 4.90 Å². The molecular weight excluding hydrogens is 841 g/mol. The maximum Gasteiger partial charge on any atom is 0.122 e. The van der Waals surface area contributed by atoms with Gasteiger partial charge in [-0.1, -0.05) is 214 Å². The first kappa shape index (κ1) is 56.7. The molecule has 0 heterocycles. The SMILES string of the molecule is C.C/C=C(\C=CCOC1=C(C)C=CC(C2=CC=C(N(c3ccccc3)c3ccccc3)C=CC2)C=C1)C1=CCC=C(N(C2=CCC=CC=C2)C23C=CC=CC2C3)C=C1.CC.CC.CC.CC(C)C=O. The summed E-state index contributed by atoms with van der Waals surface area (Å²) >= 11 is 0. The average Bonchev–Trinajstić information content (AvgIpc) is 4.25. The molecular formula is C65H82N2O2. The molecule has 364 valence electrons. The van der Waals surface area contributed by atoms with Crippen LogP contribution in [-0.2, 0) is 9.53 Å². The van der Waals surface area contributed by atoms with Gasteiger partial charge in [-0.3, -0.25) is 0 Å². The van der Waals surface area contributed by atoms with Crippen molar-refractivity contribution in [3.63, 3.8) is 0 Å². The molecule has 0 saturated heterocycles. The maximum absolute atomic E-state index is 9.50. The summed E-state index contributed by atoms with van der Waals surface area (Å²) in [5.74, 6) is 1.84. The van der Waals surface area contributed by atoms with Gasteiger partial charge in [0.25, 0.3) is 0 Å². The van der Waals surface area contributed by atoms with Gasteiger partial charge in [0.05, 0.1) is 5.54 Å². The summed E-state index contributed by atoms with van der Waals surface area (Å²) in [5.41, 5.74) is 10.8. The molecule has 1 saturated carbocycles. The fraction of sp³-hybridized carbons (Fsp3) is 0.308. The number of hydrogen-bond acceptors (Lipinski definition) is 4. The van der Waals surface area contributed by atoms with Crippen LogP contribution in [0.1, 0.15) is 102 Å². The van der Waals surface area contributed by atoms with E-state index in [0.29, 0.717) is 12.5 Å². The van der Waals surface area contributed by atoms with E-state index in [2.05, 4.69) is 230 Å². The van der Waals surface area contributed by atoms with Crippen LogP contribution in [0.5, 0.6) is 0 Å². The smallest absolute Gasteiger partial charge is 0.122 e. The van der Waals surface area contributed by atoms with Crippen LogP contribution in [-0.4, -0.2) is 23.3 Å². The molecule has 8 rings (SSSR count). The zero-order chi connectivity index (χ0) is 49.2. The molecule has 0 spiro atoms. The molecule has 3 unspecified atom stereocenters. The van der Waals surface area contributed by atoms with E-state index in [1.807, 2.05) is 55.4 Å². The number of fused-ring (bicyclic) bond motifs is 1. The normalized spacial score (nSPS) is 20.5. The molecule has 4 nitrogen and oxygen atoms in total. The lowest BCUT2D eigenvalue weighted by Crippen LogP contribution is -2.35. The number of aldehydes is 1. The van der Waals surface area contributed by atoms with Crippen molar-refractivity contribution in [2.45, 2.75) is 108 Å². The number of carbonyl (C=O) groups excluding carboxylic acids is 1. The number of para-hydroxylation sites is 2. The van der Waals surface area contributed by atoms with Crippen LogP contribution in [0.3, 0.4) is 0 Å². The molecule has 2 aromatic carbocycles. The topological polar surface area (TPSA) is 32.8 Å². The number of allylic oxidation sites excluding steroid dienone is 25. The van der Waals surface area contributed by atoms with Gasteiger partial charge in [0.2, 0.25) is 0 Å². The van der Waals surface area contributed by atoms with Crippen molar-refractivity contribution in [1.82, 2.24) is 4.90 Å². The first-order chi connectivity index (χ1) is 33.4. The molecule has 1 fully saturated rings. The van der Waals surface area contributed by atoms with Crippen LogP contribution in [0.2, 0.25) is 0 Å². The Bertz CT molecular complexity index is 2390. The molecule has 3 atom stereocenters. The highest BCUT2D eigenvalue weighted by molar-refractivity contribution is 5.70. The lowest BCUT2D eigenvalue weighted by molar-refractivity contribution is -0.110. The Balaban J connectivity index is 0.000000966. The third kappa shape index (κ3) is 16.0. The van der Waals surface area contributed by atoms with Gasteiger partial charge in [-0.25, -0.2) is 0 Å². The number of nitrogens with zero attached hydrogens (tertiary/aromatic N) is 2. The van der Waals surface area contributed by atoms with Gasteiger partial charge in [-0.15, -0.1) is 0 Å². The fourth-order valence-corrected chi connectivity index (χ4v) is 8.26. The van der Waals surface area contributed by atoms with Gasteiger partial charge in [0, 0.05) is 46.2 Å². The largest absolute Gasteiger partial charge is 0.489 e. The maximum atomic E-state index is 9.50. The number of rotatable bonds is 13. The molecule has 0 aromatic heterocycles. The molecule has 0 aliphatic heterocycles. The zero-order valence-corrected chi connectivity index (χ0v) is 42.7. The Morgan fingerprint density at radius 2 is 1.38 bits per heavy atom. The van der Waals surface area contributed by atoms with Crippen molar-refractivity contribution in [2.75, 3.05) is 11.5 Å². The predicted molar refractivity (Wildman–Crippen MR) is 302 cm³/mol. The molecule has 6 aliphatic rings. The Labute approximate surface area is 419 Å². The van der Waals surface area contributed by atoms with E-state index < -0.39 is 0 Å². The Morgan fingerprint density at radius 3 is 2.03 bits per heavy atom. The van der Waals surface area contributed by atoms with Gasteiger partial charge in [-0.05, 0) is 117 Å². The molecule has 4 heteroatoms. The van der Waals surface area contributed by atoms with Crippen molar-refractivity contribution in [3.05, 3.63) is 252 Å². The number of ether oxygens (including phenoxy) is 1. The number of hydrogen-bond donors (Lipinski definition) is 0. The van der Waals surface area contributed by atoms with Gasteiger partial charge in [0.1, 0.15) is 18.7 Å². The molecule has 0 bridgehead atoms. The van der Waals surface area contributed by atoms with Crippen molar-refractivity contribution >= 4 is 17.7 Å². The summed E-state index contributed by atoms with van der Waals surface area (Å²) in [6, 6.07) is 21.1. The Morgan fingerprint density at radius 1 is 0.725 bits per heavy atom. The van der Waals surface area contributed by atoms with Crippen LogP contribution in [0.4, 0.5) is 11.4 Å². The number of carbonyl (C=O) groups is 1. The van der Waals surface area contributed by atoms with E-state index in [9.17, 15) is 4.79 Å². The second-order valence-electron chi connectivity index (χ2n) is 16.5. The zero-order valence-electron chi connectivity index (χ0n) is 42.7. The molecule has 0 radical (unpaired) electrons. The highest BCUT2D eigenvalue weighted by atomic mass is 16.5. The molecule has 69 heavy (non-hydrogen) atoms. The summed E-state index contributed by atoms with van der Waals surface area (Å²) in [6.45, 7) is 20.4. The van der Waals surface area contributed by atoms with E-state index >= 15 is 0 Å². The van der Waals surface area contributed by atoms with E-state index in [1.54, 1.807) is 0 Å². The highest BCUT2D eigenvalue weighted by Crippen LogP contribution is 2.55. The standard InChI is InChI=1S/C54H52N2O.C4H8O.3C2H6.CH4/c1-3-43(44-19-17-30-52(37-34-44)56(51-27-8-4-5-9-28-51)54-39-15-14-22-47(54)41-54)21-18-40-57-53-38-35-46(32-31-42(53)2)45-20-16-29-50(36-33-45)55(48-23-10-6-11-24-48)49-25-12-7-13-26-49;1-4(2)3-5;3*1-2;/h3-8,10-16,18-19,21-39,46-47H,9,17,20,40-41H2,1-2H3;3-4H,1-2H3;3*1-2H3;1H4/b21-18?,43-3+;;;;;. The van der Waals surface area contributed by atoms with Crippen molar-refractivity contribution < 1.29 is 9.53 Å². The Kier molecular flexibility index (Phi) is 25.2. The predicted octanol–water partition coefficient (Wildman–Crippen LogP) is 18.0. The number of anilines is 2. The second kappa shape index (κ2) is 30.7. The van der Waals surface area contributed by atoms with Crippen LogP contribution >= 0.6 is 0 Å². The molecule has 0 N–H and O–H groups in total. The first-order valence-corrected chi connectivity index (χ1v) is 25.1. The minimum atomic E-state index is 0. The fourth-order valence-electron chi connectivity index (χ4n) is 8.26. The quantitative estimate of drug-likeness (QED) is 0.148. The van der Waals surface area contributed by atoms with E-state index in [0.717, 1.165) is 60.4 Å². The molecule has 6 aliphatic carbocycles. The van der Waals surface area contributed by atoms with E-state index in [1.165, 1.54) is 28.1 Å².